The first-order chi connectivity index (χ1) is 16.1. The molecule has 2 aromatic rings. The van der Waals surface area contributed by atoms with Crippen molar-refractivity contribution in [3.05, 3.63) is 54.0 Å². The monoisotopic (exact) mass is 452 g/mol. The fourth-order valence-electron chi connectivity index (χ4n) is 4.68. The summed E-state index contributed by atoms with van der Waals surface area (Å²) in [6, 6.07) is 6.72. The highest BCUT2D eigenvalue weighted by atomic mass is 19.1. The highest BCUT2D eigenvalue weighted by Crippen LogP contribution is 2.27. The zero-order chi connectivity index (χ0) is 22.8. The molecule has 4 heterocycles. The number of nitrogens with zero attached hydrogens (tertiary/aromatic N) is 4. The molecule has 0 saturated carbocycles. The van der Waals surface area contributed by atoms with Gasteiger partial charge in [0.25, 0.3) is 0 Å². The molecule has 0 spiro atoms. The summed E-state index contributed by atoms with van der Waals surface area (Å²) >= 11 is 0. The number of aromatic nitrogens is 2. The lowest BCUT2D eigenvalue weighted by Gasteiger charge is -2.40. The van der Waals surface area contributed by atoms with Crippen molar-refractivity contribution in [2.24, 2.45) is 0 Å². The topological polar surface area (TPSA) is 82.6 Å². The van der Waals surface area contributed by atoms with Crippen LogP contribution in [-0.4, -0.2) is 70.6 Å². The molecule has 1 unspecified atom stereocenters. The maximum absolute atomic E-state index is 14.4. The van der Waals surface area contributed by atoms with Crippen LogP contribution in [-0.2, 0) is 22.5 Å². The molecule has 2 N–H and O–H groups in total. The van der Waals surface area contributed by atoms with Crippen molar-refractivity contribution in [3.63, 3.8) is 0 Å². The van der Waals surface area contributed by atoms with Crippen LogP contribution in [0.5, 0.6) is 0 Å². The minimum Gasteiger partial charge on any atom is -0.378 e. The molecule has 9 heteroatoms. The van der Waals surface area contributed by atoms with Crippen LogP contribution in [0, 0.1) is 5.82 Å². The molecule has 0 bridgehead atoms. The van der Waals surface area contributed by atoms with Gasteiger partial charge in [0, 0.05) is 37.9 Å². The van der Waals surface area contributed by atoms with E-state index < -0.39 is 5.82 Å². The molecular formula is C24H29FN6O2. The van der Waals surface area contributed by atoms with Crippen LogP contribution in [0.2, 0.25) is 0 Å². The number of likely N-dealkylation sites (tertiary alicyclic amines) is 1. The van der Waals surface area contributed by atoms with Gasteiger partial charge in [0.05, 0.1) is 25.5 Å². The predicted molar refractivity (Wildman–Crippen MR) is 124 cm³/mol. The Morgan fingerprint density at radius 3 is 2.94 bits per heavy atom. The highest BCUT2D eigenvalue weighted by Gasteiger charge is 2.29. The van der Waals surface area contributed by atoms with Gasteiger partial charge in [-0.15, -0.1) is 0 Å². The van der Waals surface area contributed by atoms with Crippen molar-refractivity contribution < 1.29 is 13.9 Å². The quantitative estimate of drug-likeness (QED) is 0.652. The molecule has 1 aromatic carbocycles. The number of hydrogen-bond acceptors (Lipinski definition) is 7. The fraction of sp³-hybridized carbons (Fsp3) is 0.458. The zero-order valence-corrected chi connectivity index (χ0v) is 18.6. The molecular weight excluding hydrogens is 423 g/mol. The second kappa shape index (κ2) is 9.44. The number of ether oxygens (including phenoxy) is 1. The molecule has 1 aromatic heterocycles. The summed E-state index contributed by atoms with van der Waals surface area (Å²) in [5, 5.41) is 6.37. The van der Waals surface area contributed by atoms with E-state index in [-0.39, 0.29) is 17.8 Å². The molecule has 2 fully saturated rings. The molecule has 2 saturated heterocycles. The van der Waals surface area contributed by atoms with Gasteiger partial charge in [-0.3, -0.25) is 9.69 Å². The van der Waals surface area contributed by atoms with Crippen molar-refractivity contribution in [3.8, 4) is 0 Å². The van der Waals surface area contributed by atoms with Crippen molar-refractivity contribution >= 4 is 23.4 Å². The molecule has 1 atom stereocenters. The summed E-state index contributed by atoms with van der Waals surface area (Å²) in [4.78, 5) is 24.6. The molecule has 3 aliphatic heterocycles. The summed E-state index contributed by atoms with van der Waals surface area (Å²) in [5.74, 6) is -0.160. The van der Waals surface area contributed by atoms with Crippen LogP contribution < -0.4 is 10.6 Å². The SMILES string of the molecule is C=CC(=O)N1CCCC(Nc2nc(Nc3ccc4c(c3)CN(C3COC3)CC4)ncc2F)C1. The highest BCUT2D eigenvalue weighted by molar-refractivity contribution is 5.87. The van der Waals surface area contributed by atoms with Crippen molar-refractivity contribution in [1.82, 2.24) is 19.8 Å². The number of anilines is 3. The zero-order valence-electron chi connectivity index (χ0n) is 18.6. The lowest BCUT2D eigenvalue weighted by molar-refractivity contribution is -0.127. The number of piperidine rings is 1. The summed E-state index contributed by atoms with van der Waals surface area (Å²) in [6.45, 7) is 8.31. The average molecular weight is 453 g/mol. The number of fused-ring (bicyclic) bond motifs is 1. The predicted octanol–water partition coefficient (Wildman–Crippen LogP) is 2.71. The number of carbonyl (C=O) groups excluding carboxylic acids is 1. The van der Waals surface area contributed by atoms with Crippen LogP contribution >= 0.6 is 0 Å². The summed E-state index contributed by atoms with van der Waals surface area (Å²) in [5.41, 5.74) is 3.52. The van der Waals surface area contributed by atoms with Crippen molar-refractivity contribution in [1.29, 1.82) is 0 Å². The summed E-state index contributed by atoms with van der Waals surface area (Å²) in [7, 11) is 0. The van der Waals surface area contributed by atoms with E-state index in [9.17, 15) is 9.18 Å². The fourth-order valence-corrected chi connectivity index (χ4v) is 4.68. The minimum absolute atomic E-state index is 0.0786. The third kappa shape index (κ3) is 4.84. The second-order valence-corrected chi connectivity index (χ2v) is 8.88. The largest absolute Gasteiger partial charge is 0.378 e. The molecule has 33 heavy (non-hydrogen) atoms. The number of rotatable bonds is 6. The van der Waals surface area contributed by atoms with Gasteiger partial charge in [0.15, 0.2) is 11.6 Å². The smallest absolute Gasteiger partial charge is 0.246 e. The van der Waals surface area contributed by atoms with E-state index in [2.05, 4.69) is 44.2 Å². The number of nitrogens with one attached hydrogen (secondary N) is 2. The van der Waals surface area contributed by atoms with Gasteiger partial charge in [-0.1, -0.05) is 12.6 Å². The van der Waals surface area contributed by atoms with Crippen LogP contribution in [0.15, 0.2) is 37.1 Å². The standard InChI is InChI=1S/C24H29FN6O2/c1-2-22(32)31-8-3-4-19(13-31)27-23-21(25)11-26-24(29-23)28-18-6-5-16-7-9-30(12-17(16)10-18)20-14-33-15-20/h2,5-6,10-11,19-20H,1,3-4,7-9,12-15H2,(H2,26,27,28,29). The number of hydrogen-bond donors (Lipinski definition) is 2. The first kappa shape index (κ1) is 21.8. The second-order valence-electron chi connectivity index (χ2n) is 8.88. The van der Waals surface area contributed by atoms with Gasteiger partial charge in [-0.05, 0) is 48.6 Å². The van der Waals surface area contributed by atoms with E-state index in [0.29, 0.717) is 25.1 Å². The number of benzene rings is 1. The van der Waals surface area contributed by atoms with Gasteiger partial charge in [0.2, 0.25) is 11.9 Å². The molecule has 5 rings (SSSR count). The van der Waals surface area contributed by atoms with E-state index in [1.165, 1.54) is 23.4 Å². The Kier molecular flexibility index (Phi) is 6.24. The van der Waals surface area contributed by atoms with Crippen LogP contribution in [0.3, 0.4) is 0 Å². The Hall–Kier alpha value is -3.04. The van der Waals surface area contributed by atoms with Gasteiger partial charge < -0.3 is 20.3 Å². The number of amides is 1. The third-order valence-electron chi connectivity index (χ3n) is 6.63. The molecule has 0 radical (unpaired) electrons. The summed E-state index contributed by atoms with van der Waals surface area (Å²) < 4.78 is 19.8. The first-order valence-electron chi connectivity index (χ1n) is 11.5. The van der Waals surface area contributed by atoms with Crippen molar-refractivity contribution in [2.45, 2.75) is 37.9 Å². The van der Waals surface area contributed by atoms with Gasteiger partial charge >= 0.3 is 0 Å². The normalized spacial score (nSPS) is 21.1. The average Bonchev–Trinajstić information content (AvgIpc) is 2.79. The molecule has 174 valence electrons. The molecule has 0 aliphatic carbocycles. The van der Waals surface area contributed by atoms with E-state index >= 15 is 0 Å². The summed E-state index contributed by atoms with van der Waals surface area (Å²) in [6.07, 6.45) is 5.19. The maximum Gasteiger partial charge on any atom is 0.246 e. The van der Waals surface area contributed by atoms with Crippen LogP contribution in [0.4, 0.5) is 21.8 Å². The first-order valence-corrected chi connectivity index (χ1v) is 11.5. The van der Waals surface area contributed by atoms with Crippen LogP contribution in [0.1, 0.15) is 24.0 Å². The van der Waals surface area contributed by atoms with Gasteiger partial charge in [0.1, 0.15) is 0 Å². The lowest BCUT2D eigenvalue weighted by Crippen LogP contribution is -2.50. The number of carbonyl (C=O) groups is 1. The van der Waals surface area contributed by atoms with Crippen molar-refractivity contribution in [2.75, 3.05) is 43.5 Å². The lowest BCUT2D eigenvalue weighted by atomic mass is 9.97. The Bertz CT molecular complexity index is 1040. The van der Waals surface area contributed by atoms with Gasteiger partial charge in [-0.25, -0.2) is 9.37 Å². The molecule has 1 amide bonds. The van der Waals surface area contributed by atoms with E-state index in [1.807, 2.05) is 6.07 Å². The number of halogens is 1. The molecule has 3 aliphatic rings. The van der Waals surface area contributed by atoms with E-state index in [4.69, 9.17) is 4.74 Å². The third-order valence-corrected chi connectivity index (χ3v) is 6.63. The Labute approximate surface area is 192 Å². The Balaban J connectivity index is 1.27. The minimum atomic E-state index is -0.517. The maximum atomic E-state index is 14.4. The Morgan fingerprint density at radius 1 is 1.27 bits per heavy atom. The van der Waals surface area contributed by atoms with E-state index in [0.717, 1.165) is 51.3 Å². The van der Waals surface area contributed by atoms with Gasteiger partial charge in [-0.2, -0.15) is 4.98 Å². The molecule has 8 nitrogen and oxygen atoms in total. The Morgan fingerprint density at radius 2 is 2.15 bits per heavy atom. The van der Waals surface area contributed by atoms with E-state index in [1.54, 1.807) is 4.90 Å². The van der Waals surface area contributed by atoms with Crippen LogP contribution in [0.25, 0.3) is 0 Å².